The summed E-state index contributed by atoms with van der Waals surface area (Å²) >= 11 is 0.997. The Morgan fingerprint density at radius 1 is 1.17 bits per heavy atom. The molecule has 1 atom stereocenters. The fourth-order valence-corrected chi connectivity index (χ4v) is 3.72. The Morgan fingerprint density at radius 3 is 2.37 bits per heavy atom. The van der Waals surface area contributed by atoms with Crippen LogP contribution in [0.25, 0.3) is 22.4 Å². The van der Waals surface area contributed by atoms with Crippen LogP contribution in [0.2, 0.25) is 0 Å². The molecule has 0 unspecified atom stereocenters. The molecule has 0 saturated heterocycles. The predicted octanol–water partition coefficient (Wildman–Crippen LogP) is 1.26. The van der Waals surface area contributed by atoms with Crippen LogP contribution in [0.1, 0.15) is 6.92 Å². The first-order valence-electron chi connectivity index (χ1n) is 8.62. The SMILES string of the molecule is COC(=O)[C@H](C)Sc1nc(-c2ccc([N+](=O)[O-])cc2)nc2c1c(=O)n(C)c(=O)n2C. The van der Waals surface area contributed by atoms with Gasteiger partial charge in [-0.05, 0) is 19.1 Å². The lowest BCUT2D eigenvalue weighted by Gasteiger charge is -2.14. The Kier molecular flexibility index (Phi) is 5.69. The van der Waals surface area contributed by atoms with Crippen LogP contribution in [0.15, 0.2) is 38.9 Å². The molecule has 12 heteroatoms. The number of thioether (sulfide) groups is 1. The molecule has 3 aromatic rings. The van der Waals surface area contributed by atoms with Crippen molar-refractivity contribution in [3.63, 3.8) is 0 Å². The molecule has 0 N–H and O–H groups in total. The standard InChI is InChI=1S/C18H17N5O6S/c1-9(17(25)29-4)30-15-12-14(21(2)18(26)22(3)16(12)24)19-13(20-15)10-5-7-11(8-6-10)23(27)28/h5-9H,1-4H3/t9-/m0/s1. The van der Waals surface area contributed by atoms with Crippen molar-refractivity contribution in [2.45, 2.75) is 17.2 Å². The van der Waals surface area contributed by atoms with Gasteiger partial charge >= 0.3 is 11.7 Å². The number of non-ortho nitro benzene ring substituents is 1. The van der Waals surface area contributed by atoms with Gasteiger partial charge in [-0.2, -0.15) is 0 Å². The third-order valence-corrected chi connectivity index (χ3v) is 5.49. The number of nitro benzene ring substituents is 1. The number of methoxy groups -OCH3 is 1. The van der Waals surface area contributed by atoms with Crippen LogP contribution in [0.4, 0.5) is 5.69 Å². The summed E-state index contributed by atoms with van der Waals surface area (Å²) in [5.74, 6) is -0.356. The molecule has 30 heavy (non-hydrogen) atoms. The summed E-state index contributed by atoms with van der Waals surface area (Å²) < 4.78 is 6.88. The van der Waals surface area contributed by atoms with Gasteiger partial charge in [0, 0.05) is 31.8 Å². The zero-order chi connectivity index (χ0) is 22.2. The highest BCUT2D eigenvalue weighted by molar-refractivity contribution is 8.00. The van der Waals surface area contributed by atoms with Crippen molar-refractivity contribution in [2.24, 2.45) is 14.1 Å². The van der Waals surface area contributed by atoms with Crippen molar-refractivity contribution in [3.05, 3.63) is 55.2 Å². The number of carbonyl (C=O) groups excluding carboxylic acids is 1. The number of nitro groups is 1. The third kappa shape index (κ3) is 3.68. The van der Waals surface area contributed by atoms with Crippen LogP contribution in [0, 0.1) is 10.1 Å². The normalized spacial score (nSPS) is 12.0. The number of benzene rings is 1. The minimum atomic E-state index is -0.681. The molecular formula is C18H17N5O6S. The Labute approximate surface area is 173 Å². The van der Waals surface area contributed by atoms with E-state index < -0.39 is 27.4 Å². The van der Waals surface area contributed by atoms with Crippen LogP contribution in [-0.4, -0.2) is 42.4 Å². The number of rotatable bonds is 5. The van der Waals surface area contributed by atoms with E-state index in [4.69, 9.17) is 4.74 Å². The summed E-state index contributed by atoms with van der Waals surface area (Å²) in [5, 5.41) is 10.5. The number of aryl methyl sites for hydroxylation is 1. The highest BCUT2D eigenvalue weighted by Gasteiger charge is 2.23. The lowest BCUT2D eigenvalue weighted by Crippen LogP contribution is -2.37. The second-order valence-corrected chi connectivity index (χ2v) is 7.67. The van der Waals surface area contributed by atoms with E-state index in [1.165, 1.54) is 50.0 Å². The number of aromatic nitrogens is 4. The van der Waals surface area contributed by atoms with Gasteiger partial charge < -0.3 is 4.74 Å². The van der Waals surface area contributed by atoms with Crippen molar-refractivity contribution in [1.29, 1.82) is 0 Å². The average molecular weight is 431 g/mol. The molecule has 0 fully saturated rings. The third-order valence-electron chi connectivity index (χ3n) is 4.42. The summed E-state index contributed by atoms with van der Waals surface area (Å²) in [4.78, 5) is 56.2. The summed E-state index contributed by atoms with van der Waals surface area (Å²) in [5.41, 5.74) is -0.732. The maximum absolute atomic E-state index is 12.8. The fourth-order valence-electron chi connectivity index (χ4n) is 2.76. The Hall–Kier alpha value is -3.54. The van der Waals surface area contributed by atoms with Crippen molar-refractivity contribution in [3.8, 4) is 11.4 Å². The van der Waals surface area contributed by atoms with Gasteiger partial charge in [-0.25, -0.2) is 14.8 Å². The molecule has 3 rings (SSSR count). The minimum Gasteiger partial charge on any atom is -0.468 e. The molecule has 156 valence electrons. The highest BCUT2D eigenvalue weighted by atomic mass is 32.2. The quantitative estimate of drug-likeness (QED) is 0.192. The maximum Gasteiger partial charge on any atom is 0.332 e. The molecule has 0 bridgehead atoms. The van der Waals surface area contributed by atoms with Gasteiger partial charge in [0.15, 0.2) is 11.5 Å². The number of hydrogen-bond donors (Lipinski definition) is 0. The van der Waals surface area contributed by atoms with Crippen molar-refractivity contribution in [1.82, 2.24) is 19.1 Å². The van der Waals surface area contributed by atoms with E-state index in [-0.39, 0.29) is 27.6 Å². The number of hydrogen-bond acceptors (Lipinski definition) is 9. The minimum absolute atomic E-state index is 0.0889. The summed E-state index contributed by atoms with van der Waals surface area (Å²) in [6.45, 7) is 1.60. The second-order valence-electron chi connectivity index (χ2n) is 6.34. The summed E-state index contributed by atoms with van der Waals surface area (Å²) in [7, 11) is 4.06. The number of nitrogens with zero attached hydrogens (tertiary/aromatic N) is 5. The first kappa shape index (κ1) is 21.2. The van der Waals surface area contributed by atoms with Gasteiger partial charge in [0.25, 0.3) is 11.2 Å². The molecule has 0 aliphatic rings. The van der Waals surface area contributed by atoms with E-state index in [0.29, 0.717) is 5.56 Å². The van der Waals surface area contributed by atoms with E-state index >= 15 is 0 Å². The summed E-state index contributed by atoms with van der Waals surface area (Å²) in [6, 6.07) is 5.54. The molecule has 0 saturated carbocycles. The van der Waals surface area contributed by atoms with Crippen LogP contribution in [0.3, 0.4) is 0 Å². The van der Waals surface area contributed by atoms with Gasteiger partial charge in [-0.3, -0.25) is 28.8 Å². The van der Waals surface area contributed by atoms with E-state index in [9.17, 15) is 24.5 Å². The van der Waals surface area contributed by atoms with Crippen molar-refractivity contribution in [2.75, 3.05) is 7.11 Å². The monoisotopic (exact) mass is 431 g/mol. The Bertz CT molecular complexity index is 1280. The van der Waals surface area contributed by atoms with Gasteiger partial charge in [-0.15, -0.1) is 0 Å². The summed E-state index contributed by atoms with van der Waals surface area (Å²) in [6.07, 6.45) is 0. The van der Waals surface area contributed by atoms with Crippen LogP contribution < -0.4 is 11.2 Å². The zero-order valence-corrected chi connectivity index (χ0v) is 17.3. The molecule has 2 aromatic heterocycles. The van der Waals surface area contributed by atoms with E-state index in [0.717, 1.165) is 16.3 Å². The first-order chi connectivity index (χ1) is 14.1. The second kappa shape index (κ2) is 8.06. The molecule has 11 nitrogen and oxygen atoms in total. The average Bonchev–Trinajstić information content (AvgIpc) is 2.75. The molecule has 0 spiro atoms. The maximum atomic E-state index is 12.8. The van der Waals surface area contributed by atoms with Gasteiger partial charge in [0.05, 0.1) is 12.0 Å². The van der Waals surface area contributed by atoms with Crippen molar-refractivity contribution >= 4 is 34.5 Å². The van der Waals surface area contributed by atoms with E-state index in [1.54, 1.807) is 6.92 Å². The van der Waals surface area contributed by atoms with Crippen molar-refractivity contribution < 1.29 is 14.5 Å². The van der Waals surface area contributed by atoms with Crippen LogP contribution >= 0.6 is 11.8 Å². The lowest BCUT2D eigenvalue weighted by atomic mass is 10.2. The smallest absolute Gasteiger partial charge is 0.332 e. The molecule has 2 heterocycles. The molecule has 0 aliphatic heterocycles. The number of carbonyl (C=O) groups is 1. The van der Waals surface area contributed by atoms with E-state index in [2.05, 4.69) is 9.97 Å². The Balaban J connectivity index is 2.30. The largest absolute Gasteiger partial charge is 0.468 e. The van der Waals surface area contributed by atoms with Crippen LogP contribution in [0.5, 0.6) is 0 Å². The highest BCUT2D eigenvalue weighted by Crippen LogP contribution is 2.29. The molecule has 0 amide bonds. The number of ether oxygens (including phenoxy) is 1. The van der Waals surface area contributed by atoms with Crippen LogP contribution in [-0.2, 0) is 23.6 Å². The topological polar surface area (TPSA) is 139 Å². The molecule has 0 radical (unpaired) electrons. The van der Waals surface area contributed by atoms with Gasteiger partial charge in [-0.1, -0.05) is 11.8 Å². The Morgan fingerprint density at radius 2 is 1.80 bits per heavy atom. The molecule has 1 aromatic carbocycles. The number of fused-ring (bicyclic) bond motifs is 1. The molecule has 0 aliphatic carbocycles. The predicted molar refractivity (Wildman–Crippen MR) is 109 cm³/mol. The van der Waals surface area contributed by atoms with E-state index in [1.807, 2.05) is 0 Å². The molecular weight excluding hydrogens is 414 g/mol. The lowest BCUT2D eigenvalue weighted by molar-refractivity contribution is -0.384. The fraction of sp³-hybridized carbons (Fsp3) is 0.278. The first-order valence-corrected chi connectivity index (χ1v) is 9.50. The zero-order valence-electron chi connectivity index (χ0n) is 16.5. The number of esters is 1. The van der Waals surface area contributed by atoms with Gasteiger partial charge in [0.2, 0.25) is 0 Å². The van der Waals surface area contributed by atoms with Gasteiger partial charge in [0.1, 0.15) is 15.7 Å².